The maximum Gasteiger partial charge on any atom is 0.239 e. The van der Waals surface area contributed by atoms with Gasteiger partial charge in [0.25, 0.3) is 0 Å². The Morgan fingerprint density at radius 1 is 0.761 bits per heavy atom. The standard InChI is InChI=1S/C28H32O18/c1-41-12-5-11-15(18(35)16(12)33)19(36)26(24(42-11)8-2-3-9(31)10(32)4-8)46-28-23(40)21(38)25(14(7-30)44-28)45-27-22(39)20(37)17(34)13(6-29)43-27/h2-5,13-14,17,20-23,25,27-35,37-40H,6-7H2,1H3/t13-,14-,17+,20+,21-,22-,23-,25-,27+,28+/m1/s1. The first-order chi connectivity index (χ1) is 21.8. The molecule has 0 bridgehead atoms. The van der Waals surface area contributed by atoms with Gasteiger partial charge in [0.2, 0.25) is 23.2 Å². The number of fused-ring (bicyclic) bond motifs is 1. The lowest BCUT2D eigenvalue weighted by atomic mass is 9.97. The van der Waals surface area contributed by atoms with Gasteiger partial charge in [-0.1, -0.05) is 0 Å². The Morgan fingerprint density at radius 3 is 2.04 bits per heavy atom. The van der Waals surface area contributed by atoms with E-state index in [9.17, 15) is 61.0 Å². The fourth-order valence-electron chi connectivity index (χ4n) is 5.17. The normalized spacial score (nSPS) is 31.6. The van der Waals surface area contributed by atoms with E-state index >= 15 is 0 Å². The van der Waals surface area contributed by atoms with Crippen molar-refractivity contribution >= 4 is 11.0 Å². The first-order valence-electron chi connectivity index (χ1n) is 13.7. The van der Waals surface area contributed by atoms with E-state index in [1.807, 2.05) is 0 Å². The average Bonchev–Trinajstić information content (AvgIpc) is 3.04. The van der Waals surface area contributed by atoms with Crippen LogP contribution < -0.4 is 14.9 Å². The van der Waals surface area contributed by atoms with Crippen LogP contribution in [-0.4, -0.2) is 138 Å². The molecule has 0 amide bonds. The van der Waals surface area contributed by atoms with Crippen molar-refractivity contribution < 1.29 is 84.3 Å². The van der Waals surface area contributed by atoms with Gasteiger partial charge in [-0.25, -0.2) is 0 Å². The zero-order valence-electron chi connectivity index (χ0n) is 23.8. The average molecular weight is 657 g/mol. The highest BCUT2D eigenvalue weighted by Crippen LogP contribution is 2.44. The summed E-state index contributed by atoms with van der Waals surface area (Å²) >= 11 is 0. The molecule has 46 heavy (non-hydrogen) atoms. The van der Waals surface area contributed by atoms with Crippen molar-refractivity contribution in [2.24, 2.45) is 0 Å². The summed E-state index contributed by atoms with van der Waals surface area (Å²) in [6, 6.07) is 4.36. The molecule has 2 saturated heterocycles. The number of aromatic hydroxyl groups is 4. The maximum absolute atomic E-state index is 13.7. The number of ether oxygens (including phenoxy) is 5. The highest BCUT2D eigenvalue weighted by molar-refractivity contribution is 5.91. The molecule has 5 rings (SSSR count). The third-order valence-electron chi connectivity index (χ3n) is 7.71. The van der Waals surface area contributed by atoms with Crippen molar-refractivity contribution in [1.82, 2.24) is 0 Å². The van der Waals surface area contributed by atoms with Crippen molar-refractivity contribution in [3.63, 3.8) is 0 Å². The van der Waals surface area contributed by atoms with E-state index in [-0.39, 0.29) is 16.9 Å². The van der Waals surface area contributed by atoms with Crippen LogP contribution in [0.3, 0.4) is 0 Å². The van der Waals surface area contributed by atoms with Gasteiger partial charge >= 0.3 is 0 Å². The summed E-state index contributed by atoms with van der Waals surface area (Å²) in [5.41, 5.74) is -1.52. The molecule has 252 valence electrons. The molecule has 18 nitrogen and oxygen atoms in total. The van der Waals surface area contributed by atoms with Crippen molar-refractivity contribution in [2.45, 2.75) is 61.4 Å². The predicted octanol–water partition coefficient (Wildman–Crippen LogP) is -2.71. The minimum absolute atomic E-state index is 0.0655. The third kappa shape index (κ3) is 5.75. The number of benzene rings is 2. The molecule has 2 aliphatic heterocycles. The fourth-order valence-corrected chi connectivity index (χ4v) is 5.17. The Labute approximate surface area is 257 Å². The van der Waals surface area contributed by atoms with Gasteiger partial charge in [0, 0.05) is 11.6 Å². The Balaban J connectivity index is 1.52. The van der Waals surface area contributed by atoms with Crippen LogP contribution in [0.5, 0.6) is 34.5 Å². The minimum Gasteiger partial charge on any atom is -0.504 e. The highest BCUT2D eigenvalue weighted by atomic mass is 16.7. The number of phenols is 4. The number of methoxy groups -OCH3 is 1. The molecule has 0 unspecified atom stereocenters. The lowest BCUT2D eigenvalue weighted by Crippen LogP contribution is -2.65. The van der Waals surface area contributed by atoms with E-state index in [1.165, 1.54) is 13.2 Å². The van der Waals surface area contributed by atoms with Gasteiger partial charge in [0.05, 0.1) is 20.3 Å². The highest BCUT2D eigenvalue weighted by Gasteiger charge is 2.51. The minimum atomic E-state index is -2.08. The molecule has 1 aromatic heterocycles. The van der Waals surface area contributed by atoms with Gasteiger partial charge < -0.3 is 84.3 Å². The molecule has 0 aliphatic carbocycles. The zero-order chi connectivity index (χ0) is 33.6. The summed E-state index contributed by atoms with van der Waals surface area (Å²) in [6.07, 6.45) is -17.9. The van der Waals surface area contributed by atoms with Crippen LogP contribution in [0.4, 0.5) is 0 Å². The van der Waals surface area contributed by atoms with Crippen LogP contribution in [0.1, 0.15) is 0 Å². The van der Waals surface area contributed by atoms with Gasteiger partial charge in [0.1, 0.15) is 59.8 Å². The molecular weight excluding hydrogens is 624 g/mol. The lowest BCUT2D eigenvalue weighted by Gasteiger charge is -2.45. The Hall–Kier alpha value is -3.95. The summed E-state index contributed by atoms with van der Waals surface area (Å²) in [5, 5.41) is 112. The third-order valence-corrected chi connectivity index (χ3v) is 7.71. The van der Waals surface area contributed by atoms with E-state index in [1.54, 1.807) is 0 Å². The van der Waals surface area contributed by atoms with Crippen molar-refractivity contribution in [3.05, 3.63) is 34.5 Å². The summed E-state index contributed by atoms with van der Waals surface area (Å²) in [6.45, 7) is -1.70. The number of aliphatic hydroxyl groups excluding tert-OH is 7. The van der Waals surface area contributed by atoms with Crippen LogP contribution in [0.2, 0.25) is 0 Å². The van der Waals surface area contributed by atoms with Crippen molar-refractivity contribution in [2.75, 3.05) is 20.3 Å². The molecule has 18 heteroatoms. The van der Waals surface area contributed by atoms with Gasteiger partial charge in [-0.3, -0.25) is 4.79 Å². The van der Waals surface area contributed by atoms with Gasteiger partial charge in [-0.15, -0.1) is 0 Å². The summed E-state index contributed by atoms with van der Waals surface area (Å²) in [5.74, 6) is -4.42. The molecule has 0 radical (unpaired) electrons. The molecule has 2 aliphatic rings. The molecule has 0 spiro atoms. The van der Waals surface area contributed by atoms with Crippen LogP contribution in [0.15, 0.2) is 33.5 Å². The molecule has 0 saturated carbocycles. The predicted molar refractivity (Wildman–Crippen MR) is 148 cm³/mol. The fraction of sp³-hybridized carbons (Fsp3) is 0.464. The first kappa shape index (κ1) is 33.4. The summed E-state index contributed by atoms with van der Waals surface area (Å²) < 4.78 is 32.9. The largest absolute Gasteiger partial charge is 0.504 e. The van der Waals surface area contributed by atoms with Gasteiger partial charge in [-0.05, 0) is 18.2 Å². The van der Waals surface area contributed by atoms with E-state index in [4.69, 9.17) is 28.1 Å². The van der Waals surface area contributed by atoms with E-state index in [0.29, 0.717) is 0 Å². The van der Waals surface area contributed by atoms with Crippen molar-refractivity contribution in [3.8, 4) is 45.8 Å². The Kier molecular flexibility index (Phi) is 9.47. The van der Waals surface area contributed by atoms with Gasteiger partial charge in [-0.2, -0.15) is 0 Å². The monoisotopic (exact) mass is 656 g/mol. The maximum atomic E-state index is 13.7. The van der Waals surface area contributed by atoms with Gasteiger partial charge in [0.15, 0.2) is 35.0 Å². The molecule has 11 N–H and O–H groups in total. The van der Waals surface area contributed by atoms with Crippen LogP contribution >= 0.6 is 0 Å². The molecule has 2 aromatic carbocycles. The quantitative estimate of drug-likeness (QED) is 0.110. The molecule has 3 heterocycles. The SMILES string of the molecule is COc1cc2oc(-c3ccc(O)c(O)c3)c(O[C@@H]3O[C@H](CO)[C@@H](O[C@@H]4O[C@H](CO)[C@H](O)[C@H](O)[C@H]4O)[C@H](O)[C@H]3O)c(=O)c2c(O)c1O. The number of phenolic OH excluding ortho intramolecular Hbond substituents is 4. The Bertz CT molecular complexity index is 1620. The number of hydrogen-bond acceptors (Lipinski definition) is 18. The van der Waals surface area contributed by atoms with E-state index in [2.05, 4.69) is 0 Å². The second kappa shape index (κ2) is 13.0. The summed E-state index contributed by atoms with van der Waals surface area (Å²) in [7, 11) is 1.17. The van der Waals surface area contributed by atoms with Crippen LogP contribution in [0.25, 0.3) is 22.3 Å². The van der Waals surface area contributed by atoms with Crippen LogP contribution in [-0.2, 0) is 14.2 Å². The van der Waals surface area contributed by atoms with Crippen LogP contribution in [0, 0.1) is 0 Å². The number of rotatable bonds is 8. The molecule has 3 aromatic rings. The molecule has 2 fully saturated rings. The molecule has 10 atom stereocenters. The first-order valence-corrected chi connectivity index (χ1v) is 13.7. The second-order valence-electron chi connectivity index (χ2n) is 10.6. The Morgan fingerprint density at radius 2 is 1.41 bits per heavy atom. The number of hydrogen-bond donors (Lipinski definition) is 11. The van der Waals surface area contributed by atoms with E-state index < -0.39 is 120 Å². The molecular formula is C28H32O18. The summed E-state index contributed by atoms with van der Waals surface area (Å²) in [4.78, 5) is 13.7. The second-order valence-corrected chi connectivity index (χ2v) is 10.6. The number of aliphatic hydroxyl groups is 7. The zero-order valence-corrected chi connectivity index (χ0v) is 23.8. The smallest absolute Gasteiger partial charge is 0.239 e. The van der Waals surface area contributed by atoms with E-state index in [0.717, 1.165) is 18.2 Å². The lowest BCUT2D eigenvalue weighted by molar-refractivity contribution is -0.352. The van der Waals surface area contributed by atoms with Crippen molar-refractivity contribution in [1.29, 1.82) is 0 Å². The topological polar surface area (TPSA) is 299 Å².